The van der Waals surface area contributed by atoms with Gasteiger partial charge in [0.2, 0.25) is 10.0 Å². The lowest BCUT2D eigenvalue weighted by atomic mass is 10.3. The zero-order chi connectivity index (χ0) is 14.5. The van der Waals surface area contributed by atoms with Gasteiger partial charge < -0.3 is 15.6 Å². The van der Waals surface area contributed by atoms with E-state index in [4.69, 9.17) is 15.6 Å². The summed E-state index contributed by atoms with van der Waals surface area (Å²) in [4.78, 5) is 0.0566. The summed E-state index contributed by atoms with van der Waals surface area (Å²) in [6.45, 7) is 3.36. The lowest BCUT2D eigenvalue weighted by molar-refractivity contribution is 0.260. The highest BCUT2D eigenvalue weighted by Crippen LogP contribution is 2.26. The van der Waals surface area contributed by atoms with Crippen LogP contribution in [0.25, 0.3) is 0 Å². The Bertz CT molecular complexity index is 543. The fourth-order valence-electron chi connectivity index (χ4n) is 1.59. The van der Waals surface area contributed by atoms with Crippen LogP contribution in [0.4, 0.5) is 5.69 Å². The summed E-state index contributed by atoms with van der Waals surface area (Å²) in [6, 6.07) is 4.24. The molecule has 0 atom stereocenters. The van der Waals surface area contributed by atoms with Crippen LogP contribution in [0.5, 0.6) is 5.75 Å². The molecule has 1 aromatic carbocycles. The molecule has 0 amide bonds. The van der Waals surface area contributed by atoms with Crippen LogP contribution in [0.3, 0.4) is 0 Å². The molecule has 0 spiro atoms. The van der Waals surface area contributed by atoms with Crippen molar-refractivity contribution in [3.05, 3.63) is 30.9 Å². The van der Waals surface area contributed by atoms with E-state index in [2.05, 4.69) is 6.58 Å². The predicted octanol–water partition coefficient (Wildman–Crippen LogP) is 0.446. The molecular weight excluding hydrogens is 268 g/mol. The number of nitrogens with zero attached hydrogens (tertiary/aromatic N) is 1. The van der Waals surface area contributed by atoms with Crippen molar-refractivity contribution in [1.82, 2.24) is 4.31 Å². The number of hydrogen-bond donors (Lipinski definition) is 2. The molecule has 0 radical (unpaired) electrons. The van der Waals surface area contributed by atoms with Crippen molar-refractivity contribution in [3.8, 4) is 5.75 Å². The Morgan fingerprint density at radius 2 is 2.21 bits per heavy atom. The number of benzene rings is 1. The molecule has 0 saturated heterocycles. The van der Waals surface area contributed by atoms with Gasteiger partial charge in [-0.1, -0.05) is 6.08 Å². The highest BCUT2D eigenvalue weighted by molar-refractivity contribution is 7.89. The summed E-state index contributed by atoms with van der Waals surface area (Å²) >= 11 is 0. The first-order valence-corrected chi connectivity index (χ1v) is 7.06. The molecular formula is C12H18N2O4S. The third kappa shape index (κ3) is 3.46. The third-order valence-electron chi connectivity index (χ3n) is 2.52. The Morgan fingerprint density at radius 1 is 1.53 bits per heavy atom. The molecule has 0 aliphatic heterocycles. The van der Waals surface area contributed by atoms with Crippen molar-refractivity contribution < 1.29 is 18.3 Å². The van der Waals surface area contributed by atoms with Crippen molar-refractivity contribution in [1.29, 1.82) is 0 Å². The monoisotopic (exact) mass is 286 g/mol. The molecule has 0 heterocycles. The maximum atomic E-state index is 12.3. The number of methoxy groups -OCH3 is 1. The molecule has 106 valence electrons. The van der Waals surface area contributed by atoms with Gasteiger partial charge in [-0.25, -0.2) is 8.42 Å². The van der Waals surface area contributed by atoms with Gasteiger partial charge in [0.05, 0.1) is 24.3 Å². The van der Waals surface area contributed by atoms with Crippen LogP contribution >= 0.6 is 0 Å². The van der Waals surface area contributed by atoms with Gasteiger partial charge in [0.15, 0.2) is 0 Å². The van der Waals surface area contributed by atoms with E-state index in [9.17, 15) is 8.42 Å². The molecule has 1 aromatic rings. The van der Waals surface area contributed by atoms with Crippen molar-refractivity contribution in [2.75, 3.05) is 32.5 Å². The Hall–Kier alpha value is -1.57. The van der Waals surface area contributed by atoms with E-state index >= 15 is 0 Å². The molecule has 0 aliphatic rings. The van der Waals surface area contributed by atoms with E-state index in [0.717, 1.165) is 4.31 Å². The summed E-state index contributed by atoms with van der Waals surface area (Å²) < 4.78 is 30.8. The SMILES string of the molecule is C=CCN(CCO)S(=O)(=O)c1ccc(OC)c(N)c1. The molecule has 0 bridgehead atoms. The Kier molecular flexibility index (Phi) is 5.34. The summed E-state index contributed by atoms with van der Waals surface area (Å²) in [7, 11) is -2.25. The quantitative estimate of drug-likeness (QED) is 0.560. The Labute approximate surface area is 113 Å². The lowest BCUT2D eigenvalue weighted by Crippen LogP contribution is -2.33. The molecule has 3 N–H and O–H groups in total. The first-order valence-electron chi connectivity index (χ1n) is 5.62. The molecule has 0 unspecified atom stereocenters. The van der Waals surface area contributed by atoms with Crippen molar-refractivity contribution in [2.24, 2.45) is 0 Å². The minimum atomic E-state index is -3.71. The number of rotatable bonds is 7. The molecule has 0 saturated carbocycles. The van der Waals surface area contributed by atoms with Crippen molar-refractivity contribution in [3.63, 3.8) is 0 Å². The van der Waals surface area contributed by atoms with Gasteiger partial charge in [0.1, 0.15) is 5.75 Å². The summed E-state index contributed by atoms with van der Waals surface area (Å²) in [5.74, 6) is 0.413. The maximum Gasteiger partial charge on any atom is 0.243 e. The van der Waals surface area contributed by atoms with Crippen LogP contribution in [0, 0.1) is 0 Å². The largest absolute Gasteiger partial charge is 0.495 e. The van der Waals surface area contributed by atoms with Crippen molar-refractivity contribution in [2.45, 2.75) is 4.90 Å². The average molecular weight is 286 g/mol. The molecule has 0 aromatic heterocycles. The minimum Gasteiger partial charge on any atom is -0.495 e. The van der Waals surface area contributed by atoms with Gasteiger partial charge in [-0.3, -0.25) is 0 Å². The van der Waals surface area contributed by atoms with Gasteiger partial charge in [-0.2, -0.15) is 4.31 Å². The predicted molar refractivity (Wildman–Crippen MR) is 73.4 cm³/mol. The number of nitrogens with two attached hydrogens (primary N) is 1. The zero-order valence-electron chi connectivity index (χ0n) is 10.7. The topological polar surface area (TPSA) is 92.9 Å². The molecule has 19 heavy (non-hydrogen) atoms. The molecule has 0 fully saturated rings. The fraction of sp³-hybridized carbons (Fsp3) is 0.333. The van der Waals surface area contributed by atoms with Crippen LogP contribution in [0.15, 0.2) is 35.7 Å². The number of anilines is 1. The smallest absolute Gasteiger partial charge is 0.243 e. The van der Waals surface area contributed by atoms with Crippen LogP contribution in [0.1, 0.15) is 0 Å². The van der Waals surface area contributed by atoms with Crippen LogP contribution in [-0.4, -0.2) is 44.6 Å². The second-order valence-corrected chi connectivity index (χ2v) is 5.72. The number of nitrogen functional groups attached to an aromatic ring is 1. The molecule has 7 heteroatoms. The second kappa shape index (κ2) is 6.55. The first-order chi connectivity index (χ1) is 8.97. The average Bonchev–Trinajstić information content (AvgIpc) is 2.38. The van der Waals surface area contributed by atoms with Gasteiger partial charge >= 0.3 is 0 Å². The van der Waals surface area contributed by atoms with E-state index in [1.54, 1.807) is 0 Å². The van der Waals surface area contributed by atoms with Gasteiger partial charge in [0, 0.05) is 13.1 Å². The van der Waals surface area contributed by atoms with Crippen LogP contribution < -0.4 is 10.5 Å². The summed E-state index contributed by atoms with van der Waals surface area (Å²) in [5.41, 5.74) is 5.94. The highest BCUT2D eigenvalue weighted by atomic mass is 32.2. The number of aliphatic hydroxyl groups is 1. The maximum absolute atomic E-state index is 12.3. The number of ether oxygens (including phenoxy) is 1. The van der Waals surface area contributed by atoms with Crippen molar-refractivity contribution >= 4 is 15.7 Å². The van der Waals surface area contributed by atoms with E-state index in [1.165, 1.54) is 31.4 Å². The summed E-state index contributed by atoms with van der Waals surface area (Å²) in [6.07, 6.45) is 1.46. The number of aliphatic hydroxyl groups excluding tert-OH is 1. The normalized spacial score (nSPS) is 11.5. The first kappa shape index (κ1) is 15.5. The van der Waals surface area contributed by atoms with E-state index in [1.807, 2.05) is 0 Å². The Balaban J connectivity index is 3.17. The molecule has 1 rings (SSSR count). The zero-order valence-corrected chi connectivity index (χ0v) is 11.6. The molecule has 6 nitrogen and oxygen atoms in total. The van der Waals surface area contributed by atoms with Crippen LogP contribution in [0.2, 0.25) is 0 Å². The van der Waals surface area contributed by atoms with Gasteiger partial charge in [-0.15, -0.1) is 6.58 Å². The van der Waals surface area contributed by atoms with E-state index in [-0.39, 0.29) is 30.3 Å². The fourth-order valence-corrected chi connectivity index (χ4v) is 3.02. The molecule has 0 aliphatic carbocycles. The second-order valence-electron chi connectivity index (χ2n) is 3.78. The Morgan fingerprint density at radius 3 is 2.68 bits per heavy atom. The minimum absolute atomic E-state index is 0.000285. The van der Waals surface area contributed by atoms with E-state index < -0.39 is 10.0 Å². The van der Waals surface area contributed by atoms with E-state index in [0.29, 0.717) is 5.75 Å². The lowest BCUT2D eigenvalue weighted by Gasteiger charge is -2.20. The number of hydrogen-bond acceptors (Lipinski definition) is 5. The summed E-state index contributed by atoms with van der Waals surface area (Å²) in [5, 5.41) is 8.93. The third-order valence-corrected chi connectivity index (χ3v) is 4.38. The van der Waals surface area contributed by atoms with Gasteiger partial charge in [0.25, 0.3) is 0 Å². The van der Waals surface area contributed by atoms with Crippen LogP contribution in [-0.2, 0) is 10.0 Å². The standard InChI is InChI=1S/C12H18N2O4S/c1-3-6-14(7-8-15)19(16,17)10-4-5-12(18-2)11(13)9-10/h3-5,9,15H,1,6-8,13H2,2H3. The van der Waals surface area contributed by atoms with Gasteiger partial charge in [-0.05, 0) is 18.2 Å². The highest BCUT2D eigenvalue weighted by Gasteiger charge is 2.23. The number of sulfonamides is 1.